The number of ether oxygens (including phenoxy) is 5. The summed E-state index contributed by atoms with van der Waals surface area (Å²) >= 11 is 0. The minimum absolute atomic E-state index is 0.0172. The third-order valence-electron chi connectivity index (χ3n) is 6.09. The highest BCUT2D eigenvalue weighted by atomic mass is 16.7. The van der Waals surface area contributed by atoms with Crippen LogP contribution in [-0.4, -0.2) is 94.4 Å². The van der Waals surface area contributed by atoms with Crippen molar-refractivity contribution in [1.29, 1.82) is 0 Å². The molecule has 4 rings (SSSR count). The number of aliphatic hydroxyl groups is 4. The lowest BCUT2D eigenvalue weighted by atomic mass is 9.99. The van der Waals surface area contributed by atoms with Crippen LogP contribution in [0.5, 0.6) is 40.2 Å². The van der Waals surface area contributed by atoms with Gasteiger partial charge in [0.15, 0.2) is 28.6 Å². The van der Waals surface area contributed by atoms with Crippen LogP contribution in [0, 0.1) is 0 Å². The third kappa shape index (κ3) is 4.27. The van der Waals surface area contributed by atoms with Crippen molar-refractivity contribution in [2.45, 2.75) is 30.7 Å². The molecule has 206 valence electrons. The van der Waals surface area contributed by atoms with Crippen molar-refractivity contribution in [2.24, 2.45) is 0 Å². The van der Waals surface area contributed by atoms with Gasteiger partial charge < -0.3 is 63.8 Å². The zero-order chi connectivity index (χ0) is 27.9. The van der Waals surface area contributed by atoms with E-state index in [9.17, 15) is 40.5 Å². The standard InChI is InChI=1S/C24H26O14/c1-33-10-6-8(4-5-9(10)26)19-23(38-24-17(31)16(30)13(27)11(7-25)36-24)15(29)12-14(28)21(34-2)18(32)22(35-3)20(12)37-19/h4-6,11,13,16-17,24-28,30-32H,7H2,1-3H3/t11-,13-,16+,17-,24-/m1/s1. The van der Waals surface area contributed by atoms with E-state index in [4.69, 9.17) is 28.1 Å². The first kappa shape index (κ1) is 27.1. The van der Waals surface area contributed by atoms with Gasteiger partial charge >= 0.3 is 0 Å². The molecule has 1 aromatic heterocycles. The highest BCUT2D eigenvalue weighted by Crippen LogP contribution is 2.50. The SMILES string of the molecule is COc1cc(-c2oc3c(OC)c(O)c(OC)c(O)c3c(=O)c2O[C@H]2O[C@H](CO)[C@@H](O)[C@H](O)[C@H]2O)ccc1O. The number of methoxy groups -OCH3 is 3. The molecule has 1 saturated heterocycles. The van der Waals surface area contributed by atoms with E-state index in [1.165, 1.54) is 32.4 Å². The number of fused-ring (bicyclic) bond motifs is 1. The fourth-order valence-electron chi connectivity index (χ4n) is 4.11. The molecule has 5 atom stereocenters. The van der Waals surface area contributed by atoms with E-state index in [-0.39, 0.29) is 28.6 Å². The molecule has 0 bridgehead atoms. The van der Waals surface area contributed by atoms with Crippen LogP contribution in [-0.2, 0) is 4.74 Å². The molecule has 7 N–H and O–H groups in total. The van der Waals surface area contributed by atoms with E-state index >= 15 is 0 Å². The number of rotatable bonds is 7. The number of phenolic OH excluding ortho intramolecular Hbond substituents is 3. The van der Waals surface area contributed by atoms with Gasteiger partial charge in [0, 0.05) is 5.56 Å². The Kier molecular flexibility index (Phi) is 7.44. The largest absolute Gasteiger partial charge is 0.504 e. The lowest BCUT2D eigenvalue weighted by molar-refractivity contribution is -0.277. The van der Waals surface area contributed by atoms with Gasteiger partial charge in [-0.05, 0) is 18.2 Å². The van der Waals surface area contributed by atoms with Gasteiger partial charge in [-0.1, -0.05) is 0 Å². The van der Waals surface area contributed by atoms with E-state index in [1.54, 1.807) is 0 Å². The van der Waals surface area contributed by atoms with Crippen LogP contribution >= 0.6 is 0 Å². The van der Waals surface area contributed by atoms with Crippen LogP contribution in [0.15, 0.2) is 27.4 Å². The minimum Gasteiger partial charge on any atom is -0.504 e. The maximum absolute atomic E-state index is 13.8. The van der Waals surface area contributed by atoms with Crippen molar-refractivity contribution in [1.82, 2.24) is 0 Å². The smallest absolute Gasteiger partial charge is 0.239 e. The van der Waals surface area contributed by atoms with Gasteiger partial charge in [0.1, 0.15) is 29.8 Å². The molecule has 0 saturated carbocycles. The Morgan fingerprint density at radius 3 is 2.16 bits per heavy atom. The number of aromatic hydroxyl groups is 3. The predicted octanol–water partition coefficient (Wildman–Crippen LogP) is -0.219. The Labute approximate surface area is 214 Å². The molecule has 0 spiro atoms. The Morgan fingerprint density at radius 2 is 1.55 bits per heavy atom. The maximum Gasteiger partial charge on any atom is 0.239 e. The van der Waals surface area contributed by atoms with Gasteiger partial charge in [0.05, 0.1) is 27.9 Å². The van der Waals surface area contributed by atoms with Crippen LogP contribution < -0.4 is 24.4 Å². The molecule has 1 aliphatic heterocycles. The van der Waals surface area contributed by atoms with Gasteiger partial charge in [-0.15, -0.1) is 0 Å². The molecule has 3 aromatic rings. The normalized spacial score (nSPS) is 23.3. The average Bonchev–Trinajstić information content (AvgIpc) is 2.90. The summed E-state index contributed by atoms with van der Waals surface area (Å²) in [6.45, 7) is -0.756. The molecule has 0 unspecified atom stereocenters. The van der Waals surface area contributed by atoms with Gasteiger partial charge in [-0.3, -0.25) is 4.79 Å². The zero-order valence-corrected chi connectivity index (χ0v) is 20.3. The van der Waals surface area contributed by atoms with Crippen LogP contribution in [0.25, 0.3) is 22.3 Å². The molecule has 38 heavy (non-hydrogen) atoms. The van der Waals surface area contributed by atoms with Gasteiger partial charge in [-0.25, -0.2) is 0 Å². The molecule has 1 fully saturated rings. The average molecular weight is 538 g/mol. The summed E-state index contributed by atoms with van der Waals surface area (Å²) in [5, 5.41) is 71.0. The minimum atomic E-state index is -1.89. The third-order valence-corrected chi connectivity index (χ3v) is 6.09. The van der Waals surface area contributed by atoms with Crippen molar-refractivity contribution >= 4 is 11.0 Å². The molecular formula is C24H26O14. The van der Waals surface area contributed by atoms with Crippen molar-refractivity contribution in [3.8, 4) is 51.6 Å². The van der Waals surface area contributed by atoms with E-state index in [0.717, 1.165) is 7.11 Å². The molecule has 14 nitrogen and oxygen atoms in total. The summed E-state index contributed by atoms with van der Waals surface area (Å²) in [6, 6.07) is 3.85. The maximum atomic E-state index is 13.8. The van der Waals surface area contributed by atoms with Crippen molar-refractivity contribution in [3.05, 3.63) is 28.4 Å². The first-order valence-corrected chi connectivity index (χ1v) is 11.1. The number of aliphatic hydroxyl groups excluding tert-OH is 4. The quantitative estimate of drug-likeness (QED) is 0.207. The molecule has 2 heterocycles. The predicted molar refractivity (Wildman–Crippen MR) is 127 cm³/mol. The van der Waals surface area contributed by atoms with Crippen molar-refractivity contribution in [3.63, 3.8) is 0 Å². The van der Waals surface area contributed by atoms with Gasteiger partial charge in [0.25, 0.3) is 0 Å². The van der Waals surface area contributed by atoms with E-state index in [2.05, 4.69) is 0 Å². The fraction of sp³-hybridized carbons (Fsp3) is 0.375. The van der Waals surface area contributed by atoms with E-state index < -0.39 is 76.7 Å². The number of hydrogen-bond donors (Lipinski definition) is 7. The van der Waals surface area contributed by atoms with Crippen LogP contribution in [0.2, 0.25) is 0 Å². The Balaban J connectivity index is 2.03. The summed E-state index contributed by atoms with van der Waals surface area (Å²) in [7, 11) is 3.59. The first-order valence-electron chi connectivity index (χ1n) is 11.1. The zero-order valence-electron chi connectivity index (χ0n) is 20.3. The summed E-state index contributed by atoms with van der Waals surface area (Å²) in [6.07, 6.45) is -8.55. The topological polar surface area (TPSA) is 218 Å². The molecule has 1 aliphatic rings. The van der Waals surface area contributed by atoms with Gasteiger partial charge in [0.2, 0.25) is 34.7 Å². The second kappa shape index (κ2) is 10.4. The Morgan fingerprint density at radius 1 is 0.868 bits per heavy atom. The molecular weight excluding hydrogens is 512 g/mol. The van der Waals surface area contributed by atoms with Crippen LogP contribution in [0.3, 0.4) is 0 Å². The summed E-state index contributed by atoms with van der Waals surface area (Å²) in [5.74, 6) is -3.61. The van der Waals surface area contributed by atoms with Crippen LogP contribution in [0.4, 0.5) is 0 Å². The van der Waals surface area contributed by atoms with E-state index in [1.807, 2.05) is 0 Å². The molecule has 0 radical (unpaired) electrons. The lowest BCUT2D eigenvalue weighted by Gasteiger charge is -2.39. The second-order valence-electron chi connectivity index (χ2n) is 8.26. The van der Waals surface area contributed by atoms with Crippen molar-refractivity contribution in [2.75, 3.05) is 27.9 Å². The van der Waals surface area contributed by atoms with Gasteiger partial charge in [-0.2, -0.15) is 0 Å². The second-order valence-corrected chi connectivity index (χ2v) is 8.26. The lowest BCUT2D eigenvalue weighted by Crippen LogP contribution is -2.60. The highest BCUT2D eigenvalue weighted by molar-refractivity contribution is 5.96. The molecule has 14 heteroatoms. The molecule has 0 amide bonds. The number of hydrogen-bond acceptors (Lipinski definition) is 14. The fourth-order valence-corrected chi connectivity index (χ4v) is 4.11. The number of phenols is 3. The van der Waals surface area contributed by atoms with Crippen LogP contribution in [0.1, 0.15) is 0 Å². The van der Waals surface area contributed by atoms with Crippen molar-refractivity contribution < 1.29 is 63.8 Å². The van der Waals surface area contributed by atoms with E-state index in [0.29, 0.717) is 0 Å². The number of benzene rings is 2. The summed E-state index contributed by atoms with van der Waals surface area (Å²) in [4.78, 5) is 13.8. The highest BCUT2D eigenvalue weighted by Gasteiger charge is 2.45. The summed E-state index contributed by atoms with van der Waals surface area (Å²) in [5.41, 5.74) is -1.36. The Hall–Kier alpha value is -3.95. The Bertz CT molecular complexity index is 1400. The summed E-state index contributed by atoms with van der Waals surface area (Å²) < 4.78 is 32.2. The first-order chi connectivity index (χ1) is 18.1. The monoisotopic (exact) mass is 538 g/mol. The molecule has 2 aromatic carbocycles. The molecule has 0 aliphatic carbocycles.